The third kappa shape index (κ3) is 2.79. The zero-order chi connectivity index (χ0) is 12.4. The van der Waals surface area contributed by atoms with Crippen LogP contribution in [0.3, 0.4) is 0 Å². The predicted octanol–water partition coefficient (Wildman–Crippen LogP) is 2.47. The maximum Gasteiger partial charge on any atom is 0.266 e. The van der Waals surface area contributed by atoms with Crippen molar-refractivity contribution in [1.29, 1.82) is 0 Å². The van der Waals surface area contributed by atoms with Crippen molar-refractivity contribution in [1.82, 2.24) is 4.90 Å². The van der Waals surface area contributed by atoms with Gasteiger partial charge in [0.05, 0.1) is 5.56 Å². The van der Waals surface area contributed by atoms with Crippen molar-refractivity contribution < 1.29 is 13.2 Å². The molecule has 1 heterocycles. The van der Waals surface area contributed by atoms with E-state index in [4.69, 9.17) is 5.73 Å². The summed E-state index contributed by atoms with van der Waals surface area (Å²) in [7, 11) is 0. The van der Waals surface area contributed by atoms with Crippen LogP contribution < -0.4 is 5.73 Å². The SMILES string of the molecule is NC(CN1CCC1)c1ccc(F)c(C(F)F)c1. The monoisotopic (exact) mass is 244 g/mol. The van der Waals surface area contributed by atoms with Gasteiger partial charge in [-0.2, -0.15) is 0 Å². The summed E-state index contributed by atoms with van der Waals surface area (Å²) in [5.74, 6) is -0.875. The molecule has 1 aliphatic rings. The maximum atomic E-state index is 13.1. The van der Waals surface area contributed by atoms with E-state index in [0.29, 0.717) is 12.1 Å². The molecule has 0 spiro atoms. The molecule has 2 nitrogen and oxygen atoms in total. The van der Waals surface area contributed by atoms with Crippen molar-refractivity contribution in [3.63, 3.8) is 0 Å². The Bertz CT molecular complexity index is 391. The van der Waals surface area contributed by atoms with Crippen molar-refractivity contribution in [3.05, 3.63) is 35.1 Å². The molecule has 1 unspecified atom stereocenters. The molecule has 2 rings (SSSR count). The molecular weight excluding hydrogens is 229 g/mol. The molecule has 94 valence electrons. The molecule has 1 fully saturated rings. The molecule has 1 saturated heterocycles. The minimum Gasteiger partial charge on any atom is -0.323 e. The first-order valence-corrected chi connectivity index (χ1v) is 5.63. The van der Waals surface area contributed by atoms with Gasteiger partial charge in [-0.25, -0.2) is 13.2 Å². The highest BCUT2D eigenvalue weighted by Gasteiger charge is 2.20. The molecule has 0 amide bonds. The molecule has 0 aliphatic carbocycles. The average molecular weight is 244 g/mol. The van der Waals surface area contributed by atoms with Gasteiger partial charge in [-0.05, 0) is 37.2 Å². The molecule has 5 heteroatoms. The summed E-state index contributed by atoms with van der Waals surface area (Å²) in [4.78, 5) is 2.15. The highest BCUT2D eigenvalue weighted by molar-refractivity contribution is 5.28. The first-order valence-electron chi connectivity index (χ1n) is 5.63. The highest BCUT2D eigenvalue weighted by Crippen LogP contribution is 2.25. The predicted molar refractivity (Wildman–Crippen MR) is 59.3 cm³/mol. The summed E-state index contributed by atoms with van der Waals surface area (Å²) in [6.45, 7) is 2.63. The fourth-order valence-corrected chi connectivity index (χ4v) is 1.91. The van der Waals surface area contributed by atoms with Crippen molar-refractivity contribution in [2.45, 2.75) is 18.9 Å². The largest absolute Gasteiger partial charge is 0.323 e. The lowest BCUT2D eigenvalue weighted by molar-refractivity contribution is 0.146. The van der Waals surface area contributed by atoms with Crippen LogP contribution in [0.5, 0.6) is 0 Å². The molecule has 1 atom stereocenters. The Hall–Kier alpha value is -1.07. The van der Waals surface area contributed by atoms with Crippen LogP contribution in [0.4, 0.5) is 13.2 Å². The number of alkyl halides is 2. The van der Waals surface area contributed by atoms with Gasteiger partial charge in [-0.1, -0.05) is 6.07 Å². The molecule has 1 aliphatic heterocycles. The van der Waals surface area contributed by atoms with Gasteiger partial charge < -0.3 is 10.6 Å². The summed E-state index contributed by atoms with van der Waals surface area (Å²) in [5, 5.41) is 0. The maximum absolute atomic E-state index is 13.1. The molecule has 17 heavy (non-hydrogen) atoms. The van der Waals surface area contributed by atoms with Crippen LogP contribution in [0.1, 0.15) is 30.0 Å². The smallest absolute Gasteiger partial charge is 0.266 e. The van der Waals surface area contributed by atoms with E-state index >= 15 is 0 Å². The van der Waals surface area contributed by atoms with E-state index in [1.807, 2.05) is 0 Å². The average Bonchev–Trinajstić information content (AvgIpc) is 2.23. The molecule has 0 bridgehead atoms. The molecule has 0 aromatic heterocycles. The lowest BCUT2D eigenvalue weighted by Crippen LogP contribution is -2.41. The van der Waals surface area contributed by atoms with Crippen LogP contribution in [0.25, 0.3) is 0 Å². The van der Waals surface area contributed by atoms with E-state index in [9.17, 15) is 13.2 Å². The van der Waals surface area contributed by atoms with Crippen LogP contribution in [-0.2, 0) is 0 Å². The summed E-state index contributed by atoms with van der Waals surface area (Å²) in [6.07, 6.45) is -1.65. The number of nitrogens with two attached hydrogens (primary N) is 1. The van der Waals surface area contributed by atoms with Crippen LogP contribution >= 0.6 is 0 Å². The van der Waals surface area contributed by atoms with E-state index in [2.05, 4.69) is 4.90 Å². The minimum absolute atomic E-state index is 0.339. The second-order valence-electron chi connectivity index (χ2n) is 4.34. The summed E-state index contributed by atoms with van der Waals surface area (Å²) in [5.41, 5.74) is 5.91. The van der Waals surface area contributed by atoms with E-state index in [1.165, 1.54) is 12.1 Å². The standard InChI is InChI=1S/C12H15F3N2/c13-10-3-2-8(6-9(10)12(14)15)11(16)7-17-4-1-5-17/h2-3,6,11-12H,1,4-5,7,16H2. The van der Waals surface area contributed by atoms with Gasteiger partial charge in [0.15, 0.2) is 0 Å². The number of nitrogens with zero attached hydrogens (tertiary/aromatic N) is 1. The summed E-state index contributed by atoms with van der Waals surface area (Å²) < 4.78 is 38.1. The van der Waals surface area contributed by atoms with E-state index in [-0.39, 0.29) is 6.04 Å². The van der Waals surface area contributed by atoms with Gasteiger partial charge in [0.25, 0.3) is 6.43 Å². The summed E-state index contributed by atoms with van der Waals surface area (Å²) in [6, 6.07) is 3.37. The Morgan fingerprint density at radius 3 is 2.53 bits per heavy atom. The first kappa shape index (κ1) is 12.4. The van der Waals surface area contributed by atoms with Crippen molar-refractivity contribution in [2.24, 2.45) is 5.73 Å². The fourth-order valence-electron chi connectivity index (χ4n) is 1.91. The van der Waals surface area contributed by atoms with E-state index < -0.39 is 17.8 Å². The van der Waals surface area contributed by atoms with Crippen LogP contribution in [-0.4, -0.2) is 24.5 Å². The third-order valence-corrected chi connectivity index (χ3v) is 3.09. The Morgan fingerprint density at radius 2 is 2.00 bits per heavy atom. The number of benzene rings is 1. The van der Waals surface area contributed by atoms with Crippen molar-refractivity contribution in [3.8, 4) is 0 Å². The molecule has 2 N–H and O–H groups in total. The fraction of sp³-hybridized carbons (Fsp3) is 0.500. The number of halogens is 3. The zero-order valence-corrected chi connectivity index (χ0v) is 9.37. The summed E-state index contributed by atoms with van der Waals surface area (Å²) >= 11 is 0. The molecule has 0 saturated carbocycles. The van der Waals surface area contributed by atoms with Gasteiger partial charge in [0, 0.05) is 12.6 Å². The van der Waals surface area contributed by atoms with Gasteiger partial charge in [0.1, 0.15) is 5.82 Å². The molecule has 0 radical (unpaired) electrons. The second-order valence-corrected chi connectivity index (χ2v) is 4.34. The third-order valence-electron chi connectivity index (χ3n) is 3.09. The van der Waals surface area contributed by atoms with Gasteiger partial charge in [0.2, 0.25) is 0 Å². The Morgan fingerprint density at radius 1 is 1.29 bits per heavy atom. The quantitative estimate of drug-likeness (QED) is 0.881. The second kappa shape index (κ2) is 5.06. The highest BCUT2D eigenvalue weighted by atomic mass is 19.3. The topological polar surface area (TPSA) is 29.3 Å². The Balaban J connectivity index is 2.11. The van der Waals surface area contributed by atoms with Gasteiger partial charge in [-0.15, -0.1) is 0 Å². The van der Waals surface area contributed by atoms with Gasteiger partial charge >= 0.3 is 0 Å². The normalized spacial score (nSPS) is 18.2. The van der Waals surface area contributed by atoms with Crippen LogP contribution in [0.15, 0.2) is 18.2 Å². The lowest BCUT2D eigenvalue weighted by Gasteiger charge is -2.33. The van der Waals surface area contributed by atoms with Crippen molar-refractivity contribution in [2.75, 3.05) is 19.6 Å². The number of rotatable bonds is 4. The van der Waals surface area contributed by atoms with Crippen LogP contribution in [0.2, 0.25) is 0 Å². The number of likely N-dealkylation sites (tertiary alicyclic amines) is 1. The van der Waals surface area contributed by atoms with Gasteiger partial charge in [-0.3, -0.25) is 0 Å². The molecule has 1 aromatic carbocycles. The van der Waals surface area contributed by atoms with Crippen LogP contribution in [0, 0.1) is 5.82 Å². The zero-order valence-electron chi connectivity index (χ0n) is 9.37. The van der Waals surface area contributed by atoms with Crippen molar-refractivity contribution >= 4 is 0 Å². The first-order chi connectivity index (χ1) is 8.08. The van der Waals surface area contributed by atoms with E-state index in [1.54, 1.807) is 0 Å². The lowest BCUT2D eigenvalue weighted by atomic mass is 10.0. The molecule has 1 aromatic rings. The molecular formula is C12H15F3N2. The Labute approximate surface area is 98.2 Å². The number of hydrogen-bond acceptors (Lipinski definition) is 2. The minimum atomic E-state index is -2.80. The Kier molecular flexibility index (Phi) is 3.69. The van der Waals surface area contributed by atoms with E-state index in [0.717, 1.165) is 25.6 Å². The number of hydrogen-bond donors (Lipinski definition) is 1.